The Hall–Kier alpha value is -3.61. The second kappa shape index (κ2) is 14.2. The molecule has 0 aliphatic rings. The van der Waals surface area contributed by atoms with Gasteiger partial charge in [-0.1, -0.05) is 31.5 Å². The standard InChI is InChI=1S/C27H41N5O5/c1-8-9-19(4)30-24(34)23(20-11-10-17(2)18(3)16-20)32(15-14-28)25(35)21(12-13-22(29)33)31-26(36)37-27(5,6)7/h10-11,16,19,21,23H,8-9,12-13,15H2,1-7H3,(H2,29,33)(H,30,34)(H,31,36). The average molecular weight is 516 g/mol. The van der Waals surface area contributed by atoms with Gasteiger partial charge < -0.3 is 26.0 Å². The molecule has 0 aliphatic carbocycles. The van der Waals surface area contributed by atoms with Crippen LogP contribution in [0.1, 0.15) is 83.0 Å². The van der Waals surface area contributed by atoms with Crippen LogP contribution in [0.3, 0.4) is 0 Å². The molecular weight excluding hydrogens is 474 g/mol. The van der Waals surface area contributed by atoms with E-state index in [0.717, 1.165) is 28.9 Å². The van der Waals surface area contributed by atoms with Gasteiger partial charge in [-0.25, -0.2) is 4.79 Å². The van der Waals surface area contributed by atoms with Gasteiger partial charge in [0.25, 0.3) is 0 Å². The summed E-state index contributed by atoms with van der Waals surface area (Å²) >= 11 is 0. The zero-order chi connectivity index (χ0) is 28.3. The summed E-state index contributed by atoms with van der Waals surface area (Å²) in [6.45, 7) is 12.3. The zero-order valence-corrected chi connectivity index (χ0v) is 23.0. The SMILES string of the molecule is CCCC(C)NC(=O)C(c1ccc(C)c(C)c1)N(CC#N)C(=O)C(CCC(N)=O)NC(=O)OC(C)(C)C. The fourth-order valence-electron chi connectivity index (χ4n) is 3.80. The van der Waals surface area contributed by atoms with Gasteiger partial charge in [0, 0.05) is 12.5 Å². The molecule has 0 spiro atoms. The van der Waals surface area contributed by atoms with E-state index in [9.17, 15) is 24.4 Å². The van der Waals surface area contributed by atoms with Gasteiger partial charge in [-0.15, -0.1) is 0 Å². The lowest BCUT2D eigenvalue weighted by atomic mass is 9.97. The third kappa shape index (κ3) is 10.5. The number of rotatable bonds is 12. The number of benzene rings is 1. The second-order valence-corrected chi connectivity index (χ2v) is 10.3. The number of ether oxygens (including phenoxy) is 1. The summed E-state index contributed by atoms with van der Waals surface area (Å²) in [5, 5.41) is 15.0. The molecule has 0 aromatic heterocycles. The molecule has 10 nitrogen and oxygen atoms in total. The maximum Gasteiger partial charge on any atom is 0.408 e. The molecule has 3 atom stereocenters. The van der Waals surface area contributed by atoms with Crippen LogP contribution in [0.25, 0.3) is 0 Å². The number of aryl methyl sites for hydroxylation is 2. The van der Waals surface area contributed by atoms with Gasteiger partial charge in [-0.3, -0.25) is 14.4 Å². The van der Waals surface area contributed by atoms with Crippen LogP contribution in [0, 0.1) is 25.2 Å². The van der Waals surface area contributed by atoms with Crippen molar-refractivity contribution < 1.29 is 23.9 Å². The molecule has 0 bridgehead atoms. The molecule has 4 amide bonds. The Morgan fingerprint density at radius 2 is 1.76 bits per heavy atom. The molecule has 0 radical (unpaired) electrons. The van der Waals surface area contributed by atoms with Crippen molar-refractivity contribution in [3.63, 3.8) is 0 Å². The maximum atomic E-state index is 13.8. The number of nitrogens with one attached hydrogen (secondary N) is 2. The van der Waals surface area contributed by atoms with E-state index < -0.39 is 48.0 Å². The first kappa shape index (κ1) is 31.4. The van der Waals surface area contributed by atoms with Gasteiger partial charge in [0.2, 0.25) is 17.7 Å². The molecule has 0 saturated carbocycles. The Morgan fingerprint density at radius 3 is 2.27 bits per heavy atom. The van der Waals surface area contributed by atoms with Crippen molar-refractivity contribution in [1.82, 2.24) is 15.5 Å². The van der Waals surface area contributed by atoms with E-state index in [2.05, 4.69) is 10.6 Å². The molecule has 1 aromatic carbocycles. The van der Waals surface area contributed by atoms with Gasteiger partial charge >= 0.3 is 6.09 Å². The zero-order valence-electron chi connectivity index (χ0n) is 23.0. The van der Waals surface area contributed by atoms with Crippen LogP contribution in [-0.2, 0) is 19.1 Å². The lowest BCUT2D eigenvalue weighted by molar-refractivity contribution is -0.142. The first-order chi connectivity index (χ1) is 17.2. The minimum atomic E-state index is -1.24. The highest BCUT2D eigenvalue weighted by molar-refractivity contribution is 5.92. The van der Waals surface area contributed by atoms with E-state index in [1.807, 2.05) is 39.8 Å². The fraction of sp³-hybridized carbons (Fsp3) is 0.593. The van der Waals surface area contributed by atoms with E-state index in [4.69, 9.17) is 10.5 Å². The molecule has 0 aliphatic heterocycles. The number of primary amides is 1. The summed E-state index contributed by atoms with van der Waals surface area (Å²) in [7, 11) is 0. The number of amides is 4. The number of hydrogen-bond acceptors (Lipinski definition) is 6. The second-order valence-electron chi connectivity index (χ2n) is 10.3. The summed E-state index contributed by atoms with van der Waals surface area (Å²) in [5.74, 6) is -1.80. The normalized spacial score (nSPS) is 13.5. The van der Waals surface area contributed by atoms with E-state index in [1.165, 1.54) is 0 Å². The van der Waals surface area contributed by atoms with Crippen LogP contribution in [0.5, 0.6) is 0 Å². The van der Waals surface area contributed by atoms with Crippen molar-refractivity contribution in [3.05, 3.63) is 34.9 Å². The number of nitrogens with zero attached hydrogens (tertiary/aromatic N) is 2. The van der Waals surface area contributed by atoms with E-state index in [0.29, 0.717) is 5.56 Å². The minimum Gasteiger partial charge on any atom is -0.444 e. The highest BCUT2D eigenvalue weighted by Gasteiger charge is 2.36. The summed E-state index contributed by atoms with van der Waals surface area (Å²) in [6, 6.07) is 4.82. The topological polar surface area (TPSA) is 155 Å². The molecule has 37 heavy (non-hydrogen) atoms. The monoisotopic (exact) mass is 515 g/mol. The predicted molar refractivity (Wildman–Crippen MR) is 140 cm³/mol. The van der Waals surface area contributed by atoms with E-state index in [1.54, 1.807) is 32.9 Å². The van der Waals surface area contributed by atoms with Gasteiger partial charge in [-0.05, 0) is 71.1 Å². The molecule has 1 rings (SSSR count). The van der Waals surface area contributed by atoms with Crippen molar-refractivity contribution in [2.24, 2.45) is 5.73 Å². The smallest absolute Gasteiger partial charge is 0.408 e. The molecule has 0 saturated heterocycles. The van der Waals surface area contributed by atoms with Crippen molar-refractivity contribution in [3.8, 4) is 6.07 Å². The summed E-state index contributed by atoms with van der Waals surface area (Å²) < 4.78 is 5.28. The predicted octanol–water partition coefficient (Wildman–Crippen LogP) is 3.16. The third-order valence-corrected chi connectivity index (χ3v) is 5.71. The summed E-state index contributed by atoms with van der Waals surface area (Å²) in [6.07, 6.45) is 0.407. The lowest BCUT2D eigenvalue weighted by Crippen LogP contribution is -2.54. The summed E-state index contributed by atoms with van der Waals surface area (Å²) in [5.41, 5.74) is 6.92. The van der Waals surface area contributed by atoms with E-state index in [-0.39, 0.29) is 18.9 Å². The van der Waals surface area contributed by atoms with Crippen molar-refractivity contribution in [2.45, 2.75) is 97.9 Å². The Morgan fingerprint density at radius 1 is 1.11 bits per heavy atom. The Balaban J connectivity index is 3.51. The maximum absolute atomic E-state index is 13.8. The van der Waals surface area contributed by atoms with Crippen molar-refractivity contribution >= 4 is 23.8 Å². The van der Waals surface area contributed by atoms with Crippen LogP contribution in [0.4, 0.5) is 4.79 Å². The number of nitriles is 1. The molecule has 4 N–H and O–H groups in total. The van der Waals surface area contributed by atoms with E-state index >= 15 is 0 Å². The lowest BCUT2D eigenvalue weighted by Gasteiger charge is -2.33. The first-order valence-corrected chi connectivity index (χ1v) is 12.5. The third-order valence-electron chi connectivity index (χ3n) is 5.71. The molecular formula is C27H41N5O5. The Labute approximate surface area is 219 Å². The largest absolute Gasteiger partial charge is 0.444 e. The minimum absolute atomic E-state index is 0.122. The highest BCUT2D eigenvalue weighted by atomic mass is 16.6. The van der Waals surface area contributed by atoms with Gasteiger partial charge in [0.1, 0.15) is 24.2 Å². The number of hydrogen-bond donors (Lipinski definition) is 3. The first-order valence-electron chi connectivity index (χ1n) is 12.5. The fourth-order valence-corrected chi connectivity index (χ4v) is 3.80. The number of nitrogens with two attached hydrogens (primary N) is 1. The number of carbonyl (C=O) groups is 4. The number of carbonyl (C=O) groups excluding carboxylic acids is 4. The number of alkyl carbamates (subject to hydrolysis) is 1. The molecule has 0 fully saturated rings. The Bertz CT molecular complexity index is 1010. The molecule has 1 aromatic rings. The van der Waals surface area contributed by atoms with Crippen LogP contribution < -0.4 is 16.4 Å². The van der Waals surface area contributed by atoms with Crippen LogP contribution >= 0.6 is 0 Å². The molecule has 3 unspecified atom stereocenters. The van der Waals surface area contributed by atoms with Gasteiger partial charge in [0.15, 0.2) is 0 Å². The van der Waals surface area contributed by atoms with Crippen LogP contribution in [0.2, 0.25) is 0 Å². The molecule has 204 valence electrons. The summed E-state index contributed by atoms with van der Waals surface area (Å²) in [4.78, 5) is 52.5. The van der Waals surface area contributed by atoms with Gasteiger partial charge in [-0.2, -0.15) is 5.26 Å². The van der Waals surface area contributed by atoms with Crippen LogP contribution in [-0.4, -0.2) is 52.9 Å². The highest BCUT2D eigenvalue weighted by Crippen LogP contribution is 2.25. The Kier molecular flexibility index (Phi) is 12.1. The molecule has 10 heteroatoms. The van der Waals surface area contributed by atoms with Crippen molar-refractivity contribution in [2.75, 3.05) is 6.54 Å². The van der Waals surface area contributed by atoms with Crippen molar-refractivity contribution in [1.29, 1.82) is 5.26 Å². The quantitative estimate of drug-likeness (QED) is 0.363. The van der Waals surface area contributed by atoms with Gasteiger partial charge in [0.05, 0.1) is 6.07 Å². The molecule has 0 heterocycles. The average Bonchev–Trinajstić information content (AvgIpc) is 2.76. The van der Waals surface area contributed by atoms with Crippen LogP contribution in [0.15, 0.2) is 18.2 Å².